The molecule has 0 atom stereocenters. The van der Waals surface area contributed by atoms with Gasteiger partial charge in [-0.15, -0.1) is 0 Å². The van der Waals surface area contributed by atoms with Crippen LogP contribution in [0.4, 0.5) is 0 Å². The number of methoxy groups -OCH3 is 2. The second-order valence-corrected chi connectivity index (χ2v) is 4.79. The fourth-order valence-corrected chi connectivity index (χ4v) is 1.98. The highest BCUT2D eigenvalue weighted by Gasteiger charge is 2.04. The van der Waals surface area contributed by atoms with Gasteiger partial charge in [-0.2, -0.15) is 0 Å². The van der Waals surface area contributed by atoms with Crippen LogP contribution in [0.2, 0.25) is 0 Å². The average Bonchev–Trinajstić information content (AvgIpc) is 2.38. The zero-order valence-corrected chi connectivity index (χ0v) is 12.0. The van der Waals surface area contributed by atoms with Gasteiger partial charge in [-0.3, -0.25) is 0 Å². The second-order valence-electron chi connectivity index (χ2n) is 4.79. The van der Waals surface area contributed by atoms with E-state index in [1.807, 2.05) is 12.1 Å². The molecule has 0 saturated heterocycles. The van der Waals surface area contributed by atoms with Gasteiger partial charge < -0.3 is 14.4 Å². The predicted molar refractivity (Wildman–Crippen MR) is 75.7 cm³/mol. The van der Waals surface area contributed by atoms with Crippen LogP contribution in [0.5, 0.6) is 11.5 Å². The Morgan fingerprint density at radius 1 is 1.00 bits per heavy atom. The maximum absolute atomic E-state index is 5.39. The van der Waals surface area contributed by atoms with E-state index in [1.165, 1.54) is 31.4 Å². The topological polar surface area (TPSA) is 21.7 Å². The van der Waals surface area contributed by atoms with Crippen molar-refractivity contribution in [3.8, 4) is 11.5 Å². The van der Waals surface area contributed by atoms with E-state index >= 15 is 0 Å². The molecule has 0 aliphatic heterocycles. The predicted octanol–water partition coefficient (Wildman–Crippen LogP) is 2.98. The molecule has 0 bridgehead atoms. The first-order valence-corrected chi connectivity index (χ1v) is 6.53. The third-order valence-corrected chi connectivity index (χ3v) is 3.05. The summed E-state index contributed by atoms with van der Waals surface area (Å²) in [5, 5.41) is 0. The van der Waals surface area contributed by atoms with Crippen LogP contribution in [0.15, 0.2) is 18.2 Å². The lowest BCUT2D eigenvalue weighted by Crippen LogP contribution is -2.12. The van der Waals surface area contributed by atoms with Gasteiger partial charge in [-0.25, -0.2) is 0 Å². The standard InChI is InChI=1S/C15H25NO2/c1-16(2)11-7-5-6-8-13-9-10-14(17-3)12-15(13)18-4/h9-10,12H,5-8,11H2,1-4H3. The molecule has 0 aliphatic rings. The van der Waals surface area contributed by atoms with Gasteiger partial charge in [0.05, 0.1) is 14.2 Å². The number of hydrogen-bond donors (Lipinski definition) is 0. The SMILES string of the molecule is COc1ccc(CCCCCN(C)C)c(OC)c1. The van der Waals surface area contributed by atoms with E-state index in [1.54, 1.807) is 14.2 Å². The number of nitrogens with zero attached hydrogens (tertiary/aromatic N) is 1. The van der Waals surface area contributed by atoms with Crippen LogP contribution in [-0.4, -0.2) is 39.8 Å². The summed E-state index contributed by atoms with van der Waals surface area (Å²) in [6.07, 6.45) is 4.79. The minimum Gasteiger partial charge on any atom is -0.497 e. The summed E-state index contributed by atoms with van der Waals surface area (Å²) in [5.41, 5.74) is 1.27. The molecule has 3 nitrogen and oxygen atoms in total. The highest BCUT2D eigenvalue weighted by molar-refractivity contribution is 5.40. The number of aryl methyl sites for hydroxylation is 1. The van der Waals surface area contributed by atoms with Crippen LogP contribution >= 0.6 is 0 Å². The molecule has 1 aromatic carbocycles. The molecule has 0 amide bonds. The van der Waals surface area contributed by atoms with Crippen LogP contribution < -0.4 is 9.47 Å². The molecule has 0 unspecified atom stereocenters. The van der Waals surface area contributed by atoms with Crippen molar-refractivity contribution in [2.45, 2.75) is 25.7 Å². The van der Waals surface area contributed by atoms with Crippen molar-refractivity contribution in [2.75, 3.05) is 34.9 Å². The molecule has 0 aromatic heterocycles. The molecule has 1 aromatic rings. The normalized spacial score (nSPS) is 10.7. The fourth-order valence-electron chi connectivity index (χ4n) is 1.98. The Kier molecular flexibility index (Phi) is 6.58. The minimum atomic E-state index is 0.850. The Hall–Kier alpha value is -1.22. The molecule has 0 radical (unpaired) electrons. The molecule has 3 heteroatoms. The van der Waals surface area contributed by atoms with E-state index in [2.05, 4.69) is 25.1 Å². The molecular formula is C15H25NO2. The number of unbranched alkanes of at least 4 members (excludes halogenated alkanes) is 2. The van der Waals surface area contributed by atoms with Crippen LogP contribution in [-0.2, 0) is 6.42 Å². The molecule has 0 N–H and O–H groups in total. The molecule has 102 valence electrons. The van der Waals surface area contributed by atoms with E-state index in [-0.39, 0.29) is 0 Å². The van der Waals surface area contributed by atoms with Crippen molar-refractivity contribution >= 4 is 0 Å². The van der Waals surface area contributed by atoms with Crippen LogP contribution in [0, 0.1) is 0 Å². The van der Waals surface area contributed by atoms with Crippen LogP contribution in [0.1, 0.15) is 24.8 Å². The fraction of sp³-hybridized carbons (Fsp3) is 0.600. The summed E-state index contributed by atoms with van der Waals surface area (Å²) in [6, 6.07) is 6.05. The lowest BCUT2D eigenvalue weighted by Gasteiger charge is -2.11. The highest BCUT2D eigenvalue weighted by Crippen LogP contribution is 2.25. The van der Waals surface area contributed by atoms with Crippen LogP contribution in [0.3, 0.4) is 0 Å². The van der Waals surface area contributed by atoms with Gasteiger partial charge in [0, 0.05) is 6.07 Å². The number of ether oxygens (including phenoxy) is 2. The highest BCUT2D eigenvalue weighted by atomic mass is 16.5. The second kappa shape index (κ2) is 7.98. The molecule has 0 aliphatic carbocycles. The summed E-state index contributed by atoms with van der Waals surface area (Å²) >= 11 is 0. The van der Waals surface area contributed by atoms with Crippen molar-refractivity contribution in [1.29, 1.82) is 0 Å². The Morgan fingerprint density at radius 2 is 1.78 bits per heavy atom. The van der Waals surface area contributed by atoms with Crippen molar-refractivity contribution in [3.63, 3.8) is 0 Å². The quantitative estimate of drug-likeness (QED) is 0.663. The Balaban J connectivity index is 2.41. The molecule has 0 spiro atoms. The van der Waals surface area contributed by atoms with Gasteiger partial charge in [0.25, 0.3) is 0 Å². The van der Waals surface area contributed by atoms with E-state index < -0.39 is 0 Å². The van der Waals surface area contributed by atoms with E-state index in [4.69, 9.17) is 9.47 Å². The zero-order valence-electron chi connectivity index (χ0n) is 12.0. The van der Waals surface area contributed by atoms with E-state index in [0.717, 1.165) is 17.9 Å². The Labute approximate surface area is 111 Å². The Morgan fingerprint density at radius 3 is 2.39 bits per heavy atom. The molecular weight excluding hydrogens is 226 g/mol. The number of rotatable bonds is 8. The Bertz CT molecular complexity index is 350. The van der Waals surface area contributed by atoms with Gasteiger partial charge in [0.15, 0.2) is 0 Å². The summed E-state index contributed by atoms with van der Waals surface area (Å²) in [7, 11) is 7.62. The van der Waals surface area contributed by atoms with Crippen LogP contribution in [0.25, 0.3) is 0 Å². The smallest absolute Gasteiger partial charge is 0.125 e. The monoisotopic (exact) mass is 251 g/mol. The van der Waals surface area contributed by atoms with Gasteiger partial charge in [-0.05, 0) is 51.5 Å². The number of benzene rings is 1. The van der Waals surface area contributed by atoms with Crippen molar-refractivity contribution in [3.05, 3.63) is 23.8 Å². The van der Waals surface area contributed by atoms with Crippen molar-refractivity contribution in [1.82, 2.24) is 4.90 Å². The van der Waals surface area contributed by atoms with Gasteiger partial charge >= 0.3 is 0 Å². The largest absolute Gasteiger partial charge is 0.497 e. The van der Waals surface area contributed by atoms with E-state index in [0.29, 0.717) is 0 Å². The maximum Gasteiger partial charge on any atom is 0.125 e. The minimum absolute atomic E-state index is 0.850. The third-order valence-electron chi connectivity index (χ3n) is 3.05. The van der Waals surface area contributed by atoms with E-state index in [9.17, 15) is 0 Å². The lowest BCUT2D eigenvalue weighted by molar-refractivity contribution is 0.385. The summed E-state index contributed by atoms with van der Waals surface area (Å²) in [5.74, 6) is 1.78. The van der Waals surface area contributed by atoms with Crippen molar-refractivity contribution < 1.29 is 9.47 Å². The molecule has 0 fully saturated rings. The molecule has 18 heavy (non-hydrogen) atoms. The number of hydrogen-bond acceptors (Lipinski definition) is 3. The van der Waals surface area contributed by atoms with Gasteiger partial charge in [0.1, 0.15) is 11.5 Å². The first-order valence-electron chi connectivity index (χ1n) is 6.53. The molecule has 1 rings (SSSR count). The lowest BCUT2D eigenvalue weighted by atomic mass is 10.1. The summed E-state index contributed by atoms with van der Waals surface area (Å²) in [4.78, 5) is 2.23. The molecule has 0 heterocycles. The maximum atomic E-state index is 5.39. The molecule has 0 saturated carbocycles. The first-order chi connectivity index (χ1) is 8.67. The zero-order chi connectivity index (χ0) is 13.4. The van der Waals surface area contributed by atoms with Gasteiger partial charge in [0.2, 0.25) is 0 Å². The van der Waals surface area contributed by atoms with Gasteiger partial charge in [-0.1, -0.05) is 12.5 Å². The average molecular weight is 251 g/mol. The van der Waals surface area contributed by atoms with Crippen molar-refractivity contribution in [2.24, 2.45) is 0 Å². The first kappa shape index (κ1) is 14.8. The summed E-state index contributed by atoms with van der Waals surface area (Å²) < 4.78 is 10.6. The summed E-state index contributed by atoms with van der Waals surface area (Å²) in [6.45, 7) is 1.17. The third kappa shape index (κ3) is 4.96.